The van der Waals surface area contributed by atoms with E-state index in [1.807, 2.05) is 17.3 Å². The first-order chi connectivity index (χ1) is 9.91. The summed E-state index contributed by atoms with van der Waals surface area (Å²) in [4.78, 5) is 18.9. The second-order valence-electron chi connectivity index (χ2n) is 5.07. The fraction of sp³-hybridized carbons (Fsp3) is 0.500. The van der Waals surface area contributed by atoms with Gasteiger partial charge in [-0.3, -0.25) is 9.69 Å². The van der Waals surface area contributed by atoms with Crippen molar-refractivity contribution in [2.24, 2.45) is 0 Å². The maximum atomic E-state index is 11.7. The molecule has 0 aromatic carbocycles. The highest BCUT2D eigenvalue weighted by molar-refractivity contribution is 7.09. The molecule has 2 aromatic rings. The monoisotopic (exact) mass is 309 g/mol. The molecule has 21 heavy (non-hydrogen) atoms. The van der Waals surface area contributed by atoms with Crippen LogP contribution in [0.2, 0.25) is 0 Å². The Labute approximate surface area is 127 Å². The van der Waals surface area contributed by atoms with Crippen LogP contribution in [0.3, 0.4) is 0 Å². The number of likely N-dealkylation sites (N-methyl/N-ethyl adjacent to an activating group) is 1. The summed E-state index contributed by atoms with van der Waals surface area (Å²) in [6.45, 7) is 6.11. The number of thiazole rings is 1. The standard InChI is InChI=1S/C14H19N3O3S/c1-8-11(21-7-15-8)5-6-17(4)13(14(18)19)12-9(2)16-20-10(12)3/h7,13H,5-6H2,1-4H3,(H,18,19)/t13-/m1/s1. The average molecular weight is 309 g/mol. The van der Waals surface area contributed by atoms with Crippen LogP contribution in [0.25, 0.3) is 0 Å². The Morgan fingerprint density at radius 1 is 1.43 bits per heavy atom. The first kappa shape index (κ1) is 15.7. The molecule has 6 nitrogen and oxygen atoms in total. The summed E-state index contributed by atoms with van der Waals surface area (Å²) < 4.78 is 5.10. The number of aliphatic carboxylic acids is 1. The molecule has 0 bridgehead atoms. The van der Waals surface area contributed by atoms with Crippen LogP contribution in [0.5, 0.6) is 0 Å². The molecule has 7 heteroatoms. The minimum Gasteiger partial charge on any atom is -0.480 e. The van der Waals surface area contributed by atoms with Crippen LogP contribution in [0.4, 0.5) is 0 Å². The molecule has 2 heterocycles. The molecule has 1 N–H and O–H groups in total. The molecule has 1 atom stereocenters. The number of carboxylic acid groups (broad SMARTS) is 1. The fourth-order valence-electron chi connectivity index (χ4n) is 2.39. The Hall–Kier alpha value is -1.73. The van der Waals surface area contributed by atoms with Crippen LogP contribution in [0.15, 0.2) is 10.0 Å². The number of carboxylic acids is 1. The maximum Gasteiger partial charge on any atom is 0.325 e. The van der Waals surface area contributed by atoms with E-state index in [9.17, 15) is 9.90 Å². The summed E-state index contributed by atoms with van der Waals surface area (Å²) in [5.74, 6) is -0.339. The maximum absolute atomic E-state index is 11.7. The molecule has 0 saturated carbocycles. The molecule has 0 aliphatic heterocycles. The van der Waals surface area contributed by atoms with Gasteiger partial charge in [0.15, 0.2) is 0 Å². The zero-order chi connectivity index (χ0) is 15.6. The Balaban J connectivity index is 2.15. The summed E-state index contributed by atoms with van der Waals surface area (Å²) in [6, 6.07) is -0.746. The van der Waals surface area contributed by atoms with Gasteiger partial charge >= 0.3 is 5.97 Å². The van der Waals surface area contributed by atoms with Gasteiger partial charge in [-0.25, -0.2) is 4.98 Å². The van der Waals surface area contributed by atoms with E-state index >= 15 is 0 Å². The highest BCUT2D eigenvalue weighted by Gasteiger charge is 2.30. The van der Waals surface area contributed by atoms with E-state index in [0.29, 0.717) is 23.6 Å². The highest BCUT2D eigenvalue weighted by atomic mass is 32.1. The summed E-state index contributed by atoms with van der Waals surface area (Å²) in [6.07, 6.45) is 0.778. The lowest BCUT2D eigenvalue weighted by molar-refractivity contribution is -0.143. The molecule has 0 radical (unpaired) electrons. The number of hydrogen-bond donors (Lipinski definition) is 1. The van der Waals surface area contributed by atoms with Crippen LogP contribution in [-0.4, -0.2) is 39.7 Å². The lowest BCUT2D eigenvalue weighted by Crippen LogP contribution is -2.33. The van der Waals surface area contributed by atoms with Crippen LogP contribution < -0.4 is 0 Å². The van der Waals surface area contributed by atoms with Gasteiger partial charge in [0, 0.05) is 17.0 Å². The van der Waals surface area contributed by atoms with Gasteiger partial charge in [0.25, 0.3) is 0 Å². The van der Waals surface area contributed by atoms with E-state index in [4.69, 9.17) is 4.52 Å². The molecular formula is C14H19N3O3S. The van der Waals surface area contributed by atoms with E-state index in [-0.39, 0.29) is 0 Å². The largest absolute Gasteiger partial charge is 0.480 e. The number of nitrogens with zero attached hydrogens (tertiary/aromatic N) is 3. The summed E-state index contributed by atoms with van der Waals surface area (Å²) in [5, 5.41) is 13.4. The first-order valence-corrected chi connectivity index (χ1v) is 7.54. The first-order valence-electron chi connectivity index (χ1n) is 6.66. The predicted octanol–water partition coefficient (Wildman–Crippen LogP) is 2.36. The summed E-state index contributed by atoms with van der Waals surface area (Å²) >= 11 is 1.60. The van der Waals surface area contributed by atoms with E-state index in [0.717, 1.165) is 12.1 Å². The van der Waals surface area contributed by atoms with Crippen LogP contribution >= 0.6 is 11.3 Å². The summed E-state index contributed by atoms with van der Waals surface area (Å²) in [7, 11) is 1.81. The summed E-state index contributed by atoms with van der Waals surface area (Å²) in [5.41, 5.74) is 4.09. The van der Waals surface area contributed by atoms with Gasteiger partial charge in [-0.05, 0) is 34.2 Å². The second-order valence-corrected chi connectivity index (χ2v) is 6.01. The van der Waals surface area contributed by atoms with Crippen molar-refractivity contribution in [1.29, 1.82) is 0 Å². The quantitative estimate of drug-likeness (QED) is 0.882. The number of aromatic nitrogens is 2. The lowest BCUT2D eigenvalue weighted by Gasteiger charge is -2.24. The molecule has 2 rings (SSSR count). The SMILES string of the molecule is Cc1ncsc1CCN(C)[C@@H](C(=O)O)c1c(C)noc1C. The molecule has 0 unspecified atom stereocenters. The molecule has 2 aromatic heterocycles. The minimum atomic E-state index is -0.895. The smallest absolute Gasteiger partial charge is 0.325 e. The van der Waals surface area contributed by atoms with E-state index in [2.05, 4.69) is 10.1 Å². The zero-order valence-corrected chi connectivity index (χ0v) is 13.4. The molecule has 0 amide bonds. The van der Waals surface area contributed by atoms with E-state index in [1.165, 1.54) is 4.88 Å². The molecule has 0 fully saturated rings. The van der Waals surface area contributed by atoms with Gasteiger partial charge in [-0.2, -0.15) is 0 Å². The Morgan fingerprint density at radius 3 is 2.62 bits per heavy atom. The fourth-order valence-corrected chi connectivity index (χ4v) is 3.16. The minimum absolute atomic E-state index is 0.556. The van der Waals surface area contributed by atoms with Crippen LogP contribution in [-0.2, 0) is 11.2 Å². The van der Waals surface area contributed by atoms with E-state index < -0.39 is 12.0 Å². The van der Waals surface area contributed by atoms with Crippen molar-refractivity contribution in [3.05, 3.63) is 33.1 Å². The van der Waals surface area contributed by atoms with Gasteiger partial charge in [-0.1, -0.05) is 5.16 Å². The molecule has 0 spiro atoms. The van der Waals surface area contributed by atoms with Crippen molar-refractivity contribution in [1.82, 2.24) is 15.0 Å². The zero-order valence-electron chi connectivity index (χ0n) is 12.6. The van der Waals surface area contributed by atoms with Gasteiger partial charge in [0.2, 0.25) is 0 Å². The Morgan fingerprint density at radius 2 is 2.14 bits per heavy atom. The molecular weight excluding hydrogens is 290 g/mol. The normalized spacial score (nSPS) is 12.8. The molecule has 0 saturated heterocycles. The third-order valence-electron chi connectivity index (χ3n) is 3.57. The van der Waals surface area contributed by atoms with Crippen LogP contribution in [0, 0.1) is 20.8 Å². The number of aryl methyl sites for hydroxylation is 3. The Kier molecular flexibility index (Phi) is 4.74. The third kappa shape index (κ3) is 3.30. The number of carbonyl (C=O) groups is 1. The highest BCUT2D eigenvalue weighted by Crippen LogP contribution is 2.27. The van der Waals surface area contributed by atoms with Crippen molar-refractivity contribution >= 4 is 17.3 Å². The predicted molar refractivity (Wildman–Crippen MR) is 79.5 cm³/mol. The second kappa shape index (κ2) is 6.36. The molecule has 0 aliphatic rings. The van der Waals surface area contributed by atoms with Crippen molar-refractivity contribution in [3.63, 3.8) is 0 Å². The van der Waals surface area contributed by atoms with Gasteiger partial charge in [-0.15, -0.1) is 11.3 Å². The average Bonchev–Trinajstić information content (AvgIpc) is 2.96. The van der Waals surface area contributed by atoms with Crippen molar-refractivity contribution in [3.8, 4) is 0 Å². The van der Waals surface area contributed by atoms with Gasteiger partial charge in [0.1, 0.15) is 11.8 Å². The number of rotatable bonds is 6. The van der Waals surface area contributed by atoms with Gasteiger partial charge < -0.3 is 9.63 Å². The third-order valence-corrected chi connectivity index (χ3v) is 4.57. The van der Waals surface area contributed by atoms with Crippen molar-refractivity contribution < 1.29 is 14.4 Å². The van der Waals surface area contributed by atoms with Gasteiger partial charge in [0.05, 0.1) is 16.9 Å². The van der Waals surface area contributed by atoms with Crippen LogP contribution in [0.1, 0.15) is 33.6 Å². The number of hydrogen-bond acceptors (Lipinski definition) is 6. The topological polar surface area (TPSA) is 79.5 Å². The van der Waals surface area contributed by atoms with Crippen molar-refractivity contribution in [2.75, 3.05) is 13.6 Å². The Bertz CT molecular complexity index is 616. The van der Waals surface area contributed by atoms with Crippen molar-refractivity contribution in [2.45, 2.75) is 33.2 Å². The van der Waals surface area contributed by atoms with E-state index in [1.54, 1.807) is 32.2 Å². The molecule has 0 aliphatic carbocycles. The lowest BCUT2D eigenvalue weighted by atomic mass is 10.0. The molecule has 114 valence electrons.